The molecule has 2 fully saturated rings. The van der Waals surface area contributed by atoms with Gasteiger partial charge < -0.3 is 10.6 Å². The molecule has 3 atom stereocenters. The molecule has 3 rings (SSSR count). The maximum Gasteiger partial charge on any atom is 0.252 e. The smallest absolute Gasteiger partial charge is 0.252 e. The summed E-state index contributed by atoms with van der Waals surface area (Å²) in [6, 6.07) is 3.67. The number of rotatable bonds is 4. The maximum absolute atomic E-state index is 12.8. The fourth-order valence-corrected chi connectivity index (χ4v) is 6.54. The van der Waals surface area contributed by atoms with Crippen LogP contribution >= 0.6 is 11.3 Å². The Hall–Kier alpha value is -0.960. The second-order valence-electron chi connectivity index (χ2n) is 7.15. The minimum Gasteiger partial charge on any atom is -0.353 e. The summed E-state index contributed by atoms with van der Waals surface area (Å²) in [6.45, 7) is 6.63. The zero-order valence-electron chi connectivity index (χ0n) is 14.8. The van der Waals surface area contributed by atoms with E-state index in [0.717, 1.165) is 37.2 Å². The van der Waals surface area contributed by atoms with E-state index in [-0.39, 0.29) is 24.4 Å². The van der Waals surface area contributed by atoms with E-state index in [1.165, 1.54) is 15.6 Å². The average molecular weight is 386 g/mol. The van der Waals surface area contributed by atoms with E-state index in [4.69, 9.17) is 0 Å². The Labute approximate surface area is 154 Å². The zero-order chi connectivity index (χ0) is 18.0. The van der Waals surface area contributed by atoms with E-state index < -0.39 is 10.0 Å². The van der Waals surface area contributed by atoms with Crippen molar-refractivity contribution < 1.29 is 13.2 Å². The van der Waals surface area contributed by atoms with Gasteiger partial charge in [-0.3, -0.25) is 4.79 Å². The summed E-state index contributed by atoms with van der Waals surface area (Å²) in [5, 5.41) is 6.48. The summed E-state index contributed by atoms with van der Waals surface area (Å²) in [5.74, 6) is 0.142. The van der Waals surface area contributed by atoms with Gasteiger partial charge in [0.15, 0.2) is 0 Å². The summed E-state index contributed by atoms with van der Waals surface area (Å²) in [7, 11) is -3.49. The molecule has 3 heterocycles. The van der Waals surface area contributed by atoms with E-state index >= 15 is 0 Å². The predicted molar refractivity (Wildman–Crippen MR) is 99.1 cm³/mol. The van der Waals surface area contributed by atoms with Gasteiger partial charge in [0.2, 0.25) is 5.91 Å². The Bertz CT molecular complexity index is 716. The SMILES string of the molecule is Cc1ccc(S(=O)(=O)N2CCCC(C(=O)NC3CCNCC3C)C2)s1. The quantitative estimate of drug-likeness (QED) is 0.825. The first-order valence-corrected chi connectivity index (χ1v) is 11.2. The number of hydrogen-bond acceptors (Lipinski definition) is 5. The number of nitrogens with zero attached hydrogens (tertiary/aromatic N) is 1. The number of nitrogens with one attached hydrogen (secondary N) is 2. The van der Waals surface area contributed by atoms with Gasteiger partial charge in [-0.05, 0) is 57.3 Å². The van der Waals surface area contributed by atoms with Crippen LogP contribution in [0.1, 0.15) is 31.1 Å². The van der Waals surface area contributed by atoms with Crippen LogP contribution in [0.4, 0.5) is 0 Å². The van der Waals surface area contributed by atoms with E-state index in [1.54, 1.807) is 6.07 Å². The van der Waals surface area contributed by atoms with Crippen molar-refractivity contribution >= 4 is 27.3 Å². The highest BCUT2D eigenvalue weighted by molar-refractivity contribution is 7.91. The van der Waals surface area contributed by atoms with Gasteiger partial charge >= 0.3 is 0 Å². The van der Waals surface area contributed by atoms with Gasteiger partial charge in [-0.2, -0.15) is 4.31 Å². The van der Waals surface area contributed by atoms with Crippen molar-refractivity contribution in [2.45, 2.75) is 43.4 Å². The van der Waals surface area contributed by atoms with Crippen LogP contribution in [0.3, 0.4) is 0 Å². The highest BCUT2D eigenvalue weighted by atomic mass is 32.2. The number of carbonyl (C=O) groups is 1. The third-order valence-corrected chi connectivity index (χ3v) is 8.51. The van der Waals surface area contributed by atoms with Gasteiger partial charge in [0, 0.05) is 24.0 Å². The molecule has 1 aromatic heterocycles. The molecule has 140 valence electrons. The molecule has 0 radical (unpaired) electrons. The predicted octanol–water partition coefficient (Wildman–Crippen LogP) is 1.57. The lowest BCUT2D eigenvalue weighted by atomic mass is 9.93. The van der Waals surface area contributed by atoms with Crippen molar-refractivity contribution in [3.05, 3.63) is 17.0 Å². The number of aryl methyl sites for hydroxylation is 1. The highest BCUT2D eigenvalue weighted by Crippen LogP contribution is 2.28. The van der Waals surface area contributed by atoms with Gasteiger partial charge in [0.25, 0.3) is 10.0 Å². The molecule has 0 aromatic carbocycles. The fourth-order valence-electron chi connectivity index (χ4n) is 3.58. The summed E-state index contributed by atoms with van der Waals surface area (Å²) < 4.78 is 27.5. The third-order valence-electron chi connectivity index (χ3n) is 5.18. The lowest BCUT2D eigenvalue weighted by molar-refractivity contribution is -0.127. The van der Waals surface area contributed by atoms with Crippen molar-refractivity contribution in [2.75, 3.05) is 26.2 Å². The molecule has 8 heteroatoms. The van der Waals surface area contributed by atoms with Crippen LogP contribution in [0, 0.1) is 18.8 Å². The molecule has 6 nitrogen and oxygen atoms in total. The van der Waals surface area contributed by atoms with Crippen LogP contribution in [0.2, 0.25) is 0 Å². The first-order valence-electron chi connectivity index (χ1n) is 8.95. The summed E-state index contributed by atoms with van der Waals surface area (Å²) in [5.41, 5.74) is 0. The van der Waals surface area contributed by atoms with Crippen molar-refractivity contribution in [1.82, 2.24) is 14.9 Å². The van der Waals surface area contributed by atoms with Gasteiger partial charge in [0.1, 0.15) is 4.21 Å². The van der Waals surface area contributed by atoms with Crippen molar-refractivity contribution in [1.29, 1.82) is 0 Å². The largest absolute Gasteiger partial charge is 0.353 e. The Morgan fingerprint density at radius 1 is 1.36 bits per heavy atom. The molecule has 0 spiro atoms. The van der Waals surface area contributed by atoms with Crippen LogP contribution < -0.4 is 10.6 Å². The Kier molecular flexibility index (Phi) is 5.82. The fraction of sp³-hybridized carbons (Fsp3) is 0.706. The van der Waals surface area contributed by atoms with Crippen molar-refractivity contribution in [3.63, 3.8) is 0 Å². The molecular weight excluding hydrogens is 358 g/mol. The van der Waals surface area contributed by atoms with E-state index in [0.29, 0.717) is 16.7 Å². The number of thiophene rings is 1. The molecule has 2 aliphatic heterocycles. The minimum atomic E-state index is -3.49. The molecule has 1 aromatic rings. The summed E-state index contributed by atoms with van der Waals surface area (Å²) >= 11 is 1.29. The number of piperidine rings is 2. The van der Waals surface area contributed by atoms with E-state index in [1.807, 2.05) is 13.0 Å². The highest BCUT2D eigenvalue weighted by Gasteiger charge is 2.35. The topological polar surface area (TPSA) is 78.5 Å². The standard InChI is InChI=1S/C17H27N3O3S2/c1-12-10-18-8-7-15(12)19-17(21)14-4-3-9-20(11-14)25(22,23)16-6-5-13(2)24-16/h5-6,12,14-15,18H,3-4,7-11H2,1-2H3,(H,19,21). The Morgan fingerprint density at radius 2 is 2.16 bits per heavy atom. The molecular formula is C17H27N3O3S2. The second-order valence-corrected chi connectivity index (χ2v) is 10.6. The molecule has 2 saturated heterocycles. The normalized spacial score (nSPS) is 28.6. The molecule has 2 N–H and O–H groups in total. The van der Waals surface area contributed by atoms with Gasteiger partial charge in [0.05, 0.1) is 5.92 Å². The molecule has 0 bridgehead atoms. The molecule has 3 unspecified atom stereocenters. The van der Waals surface area contributed by atoms with Crippen LogP contribution in [0.5, 0.6) is 0 Å². The van der Waals surface area contributed by atoms with E-state index in [2.05, 4.69) is 17.6 Å². The number of hydrogen-bond donors (Lipinski definition) is 2. The number of sulfonamides is 1. The van der Waals surface area contributed by atoms with Gasteiger partial charge in [-0.25, -0.2) is 8.42 Å². The second kappa shape index (κ2) is 7.73. The average Bonchev–Trinajstić information content (AvgIpc) is 3.04. The van der Waals surface area contributed by atoms with Crippen LogP contribution in [0.25, 0.3) is 0 Å². The van der Waals surface area contributed by atoms with Crippen LogP contribution in [-0.2, 0) is 14.8 Å². The van der Waals surface area contributed by atoms with Crippen LogP contribution in [0.15, 0.2) is 16.3 Å². The lowest BCUT2D eigenvalue weighted by Gasteiger charge is -2.34. The van der Waals surface area contributed by atoms with Gasteiger partial charge in [-0.15, -0.1) is 11.3 Å². The van der Waals surface area contributed by atoms with E-state index in [9.17, 15) is 13.2 Å². The number of amides is 1. The molecule has 1 amide bonds. The maximum atomic E-state index is 12.8. The molecule has 2 aliphatic rings. The Balaban J connectivity index is 1.65. The zero-order valence-corrected chi connectivity index (χ0v) is 16.5. The van der Waals surface area contributed by atoms with Crippen LogP contribution in [-0.4, -0.2) is 50.9 Å². The number of carbonyl (C=O) groups excluding carboxylic acids is 1. The third kappa shape index (κ3) is 4.24. The Morgan fingerprint density at radius 3 is 2.84 bits per heavy atom. The monoisotopic (exact) mass is 385 g/mol. The molecule has 0 aliphatic carbocycles. The first-order chi connectivity index (χ1) is 11.9. The van der Waals surface area contributed by atoms with Crippen molar-refractivity contribution in [2.24, 2.45) is 11.8 Å². The molecule has 25 heavy (non-hydrogen) atoms. The minimum absolute atomic E-state index is 0.000935. The van der Waals surface area contributed by atoms with Crippen molar-refractivity contribution in [3.8, 4) is 0 Å². The summed E-state index contributed by atoms with van der Waals surface area (Å²) in [6.07, 6.45) is 2.40. The first kappa shape index (κ1) is 18.8. The van der Waals surface area contributed by atoms with Gasteiger partial charge in [-0.1, -0.05) is 6.92 Å². The molecule has 0 saturated carbocycles. The summed E-state index contributed by atoms with van der Waals surface area (Å²) in [4.78, 5) is 13.7. The lowest BCUT2D eigenvalue weighted by Crippen LogP contribution is -2.52.